The molecule has 7 heteroatoms. The first kappa shape index (κ1) is 19.4. The molecule has 2 aromatic carbocycles. The zero-order valence-corrected chi connectivity index (χ0v) is 17.0. The van der Waals surface area contributed by atoms with Crippen LogP contribution in [0.3, 0.4) is 0 Å². The Morgan fingerprint density at radius 2 is 1.83 bits per heavy atom. The molecule has 0 aliphatic carbocycles. The minimum Gasteiger partial charge on any atom is -0.493 e. The molecule has 152 valence electrons. The van der Waals surface area contributed by atoms with E-state index in [2.05, 4.69) is 15.3 Å². The molecule has 0 aliphatic rings. The topological polar surface area (TPSA) is 78.3 Å². The predicted octanol–water partition coefficient (Wildman–Crippen LogP) is 3.50. The average Bonchev–Trinajstić information content (AvgIpc) is 3.21. The van der Waals surface area contributed by atoms with Crippen molar-refractivity contribution < 1.29 is 14.3 Å². The quantitative estimate of drug-likeness (QED) is 0.534. The summed E-state index contributed by atoms with van der Waals surface area (Å²) in [5, 5.41) is 4.83. The SMILES string of the molecule is COc1cccc([C@@H](NC(=O)c2nccc3ccccc23)c2nccn2C)c1OC. The Labute approximate surface area is 174 Å². The van der Waals surface area contributed by atoms with Gasteiger partial charge in [-0.25, -0.2) is 4.98 Å². The van der Waals surface area contributed by atoms with E-state index in [-0.39, 0.29) is 5.91 Å². The Kier molecular flexibility index (Phi) is 5.34. The monoisotopic (exact) mass is 402 g/mol. The van der Waals surface area contributed by atoms with E-state index in [9.17, 15) is 4.79 Å². The van der Waals surface area contributed by atoms with Crippen molar-refractivity contribution in [3.63, 3.8) is 0 Å². The summed E-state index contributed by atoms with van der Waals surface area (Å²) in [5.74, 6) is 1.48. The fourth-order valence-electron chi connectivity index (χ4n) is 3.58. The fourth-order valence-corrected chi connectivity index (χ4v) is 3.58. The number of amides is 1. The van der Waals surface area contributed by atoms with Gasteiger partial charge in [-0.05, 0) is 17.5 Å². The average molecular weight is 402 g/mol. The van der Waals surface area contributed by atoms with Crippen LogP contribution in [0.4, 0.5) is 0 Å². The number of carbonyl (C=O) groups excluding carboxylic acids is 1. The van der Waals surface area contributed by atoms with Crippen LogP contribution in [0, 0.1) is 0 Å². The third-order valence-electron chi connectivity index (χ3n) is 5.03. The lowest BCUT2D eigenvalue weighted by molar-refractivity contribution is 0.0937. The molecule has 1 amide bonds. The normalized spacial score (nSPS) is 11.8. The zero-order chi connectivity index (χ0) is 21.1. The molecular weight excluding hydrogens is 380 g/mol. The summed E-state index contributed by atoms with van der Waals surface area (Å²) < 4.78 is 12.9. The molecule has 1 N–H and O–H groups in total. The number of aryl methyl sites for hydroxylation is 1. The summed E-state index contributed by atoms with van der Waals surface area (Å²) in [6.45, 7) is 0. The van der Waals surface area contributed by atoms with Crippen LogP contribution in [0.2, 0.25) is 0 Å². The van der Waals surface area contributed by atoms with Gasteiger partial charge in [0, 0.05) is 36.6 Å². The number of benzene rings is 2. The highest BCUT2D eigenvalue weighted by molar-refractivity contribution is 6.05. The maximum absolute atomic E-state index is 13.3. The first-order valence-electron chi connectivity index (χ1n) is 9.46. The Morgan fingerprint density at radius 1 is 1.00 bits per heavy atom. The number of hydrogen-bond acceptors (Lipinski definition) is 5. The lowest BCUT2D eigenvalue weighted by Gasteiger charge is -2.22. The smallest absolute Gasteiger partial charge is 0.271 e. The molecule has 0 radical (unpaired) electrons. The molecule has 0 saturated heterocycles. The lowest BCUT2D eigenvalue weighted by Crippen LogP contribution is -2.32. The van der Waals surface area contributed by atoms with Crippen molar-refractivity contribution >= 4 is 16.7 Å². The van der Waals surface area contributed by atoms with E-state index in [0.717, 1.165) is 16.3 Å². The summed E-state index contributed by atoms with van der Waals surface area (Å²) in [6.07, 6.45) is 5.16. The molecule has 0 unspecified atom stereocenters. The van der Waals surface area contributed by atoms with Crippen molar-refractivity contribution in [1.29, 1.82) is 0 Å². The fraction of sp³-hybridized carbons (Fsp3) is 0.174. The number of rotatable bonds is 6. The maximum atomic E-state index is 13.3. The van der Waals surface area contributed by atoms with Crippen LogP contribution in [0.1, 0.15) is 27.9 Å². The predicted molar refractivity (Wildman–Crippen MR) is 114 cm³/mol. The van der Waals surface area contributed by atoms with Gasteiger partial charge in [0.05, 0.1) is 14.2 Å². The summed E-state index contributed by atoms with van der Waals surface area (Å²) >= 11 is 0. The van der Waals surface area contributed by atoms with E-state index < -0.39 is 6.04 Å². The van der Waals surface area contributed by atoms with Crippen LogP contribution in [0.15, 0.2) is 67.1 Å². The van der Waals surface area contributed by atoms with Gasteiger partial charge in [-0.15, -0.1) is 0 Å². The van der Waals surface area contributed by atoms with E-state index >= 15 is 0 Å². The number of carbonyl (C=O) groups is 1. The number of nitrogens with one attached hydrogen (secondary N) is 1. The molecule has 2 aromatic heterocycles. The van der Waals surface area contributed by atoms with Crippen molar-refractivity contribution in [2.24, 2.45) is 7.05 Å². The van der Waals surface area contributed by atoms with Crippen molar-refractivity contribution in [2.75, 3.05) is 14.2 Å². The third-order valence-corrected chi connectivity index (χ3v) is 5.03. The van der Waals surface area contributed by atoms with E-state index in [1.165, 1.54) is 0 Å². The number of ether oxygens (including phenoxy) is 2. The number of aromatic nitrogens is 3. The van der Waals surface area contributed by atoms with Crippen molar-refractivity contribution in [1.82, 2.24) is 19.9 Å². The van der Waals surface area contributed by atoms with Gasteiger partial charge in [0.25, 0.3) is 5.91 Å². The van der Waals surface area contributed by atoms with Crippen LogP contribution in [-0.2, 0) is 7.05 Å². The molecule has 0 aliphatic heterocycles. The largest absolute Gasteiger partial charge is 0.493 e. The summed E-state index contributed by atoms with van der Waals surface area (Å²) in [6, 6.07) is 14.5. The van der Waals surface area contributed by atoms with Gasteiger partial charge in [-0.1, -0.05) is 36.4 Å². The molecule has 2 heterocycles. The van der Waals surface area contributed by atoms with Crippen LogP contribution in [0.5, 0.6) is 11.5 Å². The summed E-state index contributed by atoms with van der Waals surface area (Å²) in [5.41, 5.74) is 1.09. The van der Waals surface area contributed by atoms with Gasteiger partial charge in [-0.3, -0.25) is 9.78 Å². The van der Waals surface area contributed by atoms with Crippen molar-refractivity contribution in [3.8, 4) is 11.5 Å². The van der Waals surface area contributed by atoms with E-state index in [4.69, 9.17) is 9.47 Å². The molecule has 7 nitrogen and oxygen atoms in total. The number of pyridine rings is 1. The molecule has 0 saturated carbocycles. The second-order valence-electron chi connectivity index (χ2n) is 6.77. The van der Waals surface area contributed by atoms with E-state index in [1.54, 1.807) is 26.6 Å². The Hall–Kier alpha value is -3.87. The molecule has 4 rings (SSSR count). The van der Waals surface area contributed by atoms with Crippen molar-refractivity contribution in [3.05, 3.63) is 84.2 Å². The number of para-hydroxylation sites is 1. The van der Waals surface area contributed by atoms with E-state index in [1.807, 2.05) is 66.3 Å². The molecule has 0 spiro atoms. The minimum atomic E-state index is -0.566. The Balaban J connectivity index is 1.81. The number of imidazole rings is 1. The van der Waals surface area contributed by atoms with Crippen LogP contribution in [0.25, 0.3) is 10.8 Å². The first-order valence-corrected chi connectivity index (χ1v) is 9.46. The first-order chi connectivity index (χ1) is 14.6. The van der Waals surface area contributed by atoms with Gasteiger partial charge in [-0.2, -0.15) is 0 Å². The highest BCUT2D eigenvalue weighted by Crippen LogP contribution is 2.37. The van der Waals surface area contributed by atoms with Gasteiger partial charge >= 0.3 is 0 Å². The third kappa shape index (κ3) is 3.45. The molecule has 4 aromatic rings. The van der Waals surface area contributed by atoms with Crippen LogP contribution >= 0.6 is 0 Å². The number of methoxy groups -OCH3 is 2. The number of fused-ring (bicyclic) bond motifs is 1. The van der Waals surface area contributed by atoms with Crippen molar-refractivity contribution in [2.45, 2.75) is 6.04 Å². The van der Waals surface area contributed by atoms with Gasteiger partial charge < -0.3 is 19.4 Å². The second kappa shape index (κ2) is 8.24. The van der Waals surface area contributed by atoms with Crippen LogP contribution in [-0.4, -0.2) is 34.7 Å². The molecule has 1 atom stereocenters. The Morgan fingerprint density at radius 3 is 2.57 bits per heavy atom. The number of hydrogen-bond donors (Lipinski definition) is 1. The minimum absolute atomic E-state index is 0.301. The van der Waals surface area contributed by atoms with Gasteiger partial charge in [0.15, 0.2) is 11.5 Å². The van der Waals surface area contributed by atoms with E-state index in [0.29, 0.717) is 23.0 Å². The van der Waals surface area contributed by atoms with Gasteiger partial charge in [0.2, 0.25) is 0 Å². The number of nitrogens with zero attached hydrogens (tertiary/aromatic N) is 3. The maximum Gasteiger partial charge on any atom is 0.271 e. The van der Waals surface area contributed by atoms with Crippen LogP contribution < -0.4 is 14.8 Å². The summed E-state index contributed by atoms with van der Waals surface area (Å²) in [7, 11) is 5.03. The Bertz CT molecular complexity index is 1200. The highest BCUT2D eigenvalue weighted by atomic mass is 16.5. The lowest BCUT2D eigenvalue weighted by atomic mass is 10.0. The zero-order valence-electron chi connectivity index (χ0n) is 17.0. The molecule has 0 bridgehead atoms. The highest BCUT2D eigenvalue weighted by Gasteiger charge is 2.27. The van der Waals surface area contributed by atoms with Gasteiger partial charge in [0.1, 0.15) is 17.6 Å². The molecular formula is C23H22N4O3. The standard InChI is InChI=1S/C23H22N4O3/c1-27-14-13-25-22(27)19(17-9-6-10-18(29-2)21(17)30-3)26-23(28)20-16-8-5-4-7-15(16)11-12-24-20/h4-14,19H,1-3H3,(H,26,28)/t19-/m1/s1. The molecule has 30 heavy (non-hydrogen) atoms. The summed E-state index contributed by atoms with van der Waals surface area (Å²) in [4.78, 5) is 22.1. The second-order valence-corrected chi connectivity index (χ2v) is 6.77. The molecule has 0 fully saturated rings.